The van der Waals surface area contributed by atoms with Crippen LogP contribution in [0.3, 0.4) is 0 Å². The largest absolute Gasteiger partial charge is 0.360 e. The van der Waals surface area contributed by atoms with Crippen molar-refractivity contribution >= 4 is 35.1 Å². The van der Waals surface area contributed by atoms with Crippen molar-refractivity contribution in [1.29, 1.82) is 0 Å². The quantitative estimate of drug-likeness (QED) is 0.284. The SMILES string of the molecule is CCCc1ccc2c(c1)C(SC(C)(C)C)C(C)(C(C)CNC(=O)N(C)O)N2Cc1ccc(Cl)cc1. The van der Waals surface area contributed by atoms with E-state index < -0.39 is 6.03 Å². The molecule has 0 bridgehead atoms. The zero-order valence-electron chi connectivity index (χ0n) is 22.1. The number of aryl methyl sites for hydroxylation is 1. The van der Waals surface area contributed by atoms with Crippen molar-refractivity contribution in [2.75, 3.05) is 18.5 Å². The fourth-order valence-corrected chi connectivity index (χ4v) is 6.62. The molecule has 0 saturated heterocycles. The number of hydroxylamine groups is 2. The third-order valence-corrected chi connectivity index (χ3v) is 8.82. The standard InChI is InChI=1S/C28H40ClN3O2S/c1-8-9-20-12-15-24-23(16-20)25(35-27(3,4)5)28(6,19(2)17-30-26(33)31(7)34)32(24)18-21-10-13-22(29)14-11-21/h10-16,19,25,34H,8-9,17-18H2,1-7H3,(H,30,33). The highest BCUT2D eigenvalue weighted by molar-refractivity contribution is 8.00. The topological polar surface area (TPSA) is 55.8 Å². The van der Waals surface area contributed by atoms with Crippen molar-refractivity contribution < 1.29 is 10.0 Å². The number of carbonyl (C=O) groups excluding carboxylic acids is 1. The minimum Gasteiger partial charge on any atom is -0.360 e. The monoisotopic (exact) mass is 517 g/mol. The fraction of sp³-hybridized carbons (Fsp3) is 0.536. The van der Waals surface area contributed by atoms with Gasteiger partial charge in [0.1, 0.15) is 0 Å². The Morgan fingerprint density at radius 3 is 2.43 bits per heavy atom. The van der Waals surface area contributed by atoms with E-state index in [1.54, 1.807) is 0 Å². The van der Waals surface area contributed by atoms with E-state index in [0.717, 1.165) is 24.4 Å². The number of hydrogen-bond acceptors (Lipinski definition) is 4. The van der Waals surface area contributed by atoms with Crippen LogP contribution in [0.2, 0.25) is 5.02 Å². The van der Waals surface area contributed by atoms with Gasteiger partial charge in [0.25, 0.3) is 0 Å². The number of urea groups is 1. The van der Waals surface area contributed by atoms with Crippen LogP contribution in [0.15, 0.2) is 42.5 Å². The highest BCUT2D eigenvalue weighted by Gasteiger charge is 2.52. The molecule has 192 valence electrons. The maximum atomic E-state index is 12.1. The fourth-order valence-electron chi connectivity index (χ4n) is 4.87. The minimum atomic E-state index is -0.495. The number of halogens is 1. The van der Waals surface area contributed by atoms with Gasteiger partial charge in [0, 0.05) is 35.6 Å². The number of anilines is 1. The molecule has 0 radical (unpaired) electrons. The van der Waals surface area contributed by atoms with Crippen LogP contribution in [0.4, 0.5) is 10.5 Å². The number of thioether (sulfide) groups is 1. The molecule has 0 saturated carbocycles. The molecule has 1 aliphatic rings. The third-order valence-electron chi connectivity index (χ3n) is 6.89. The second-order valence-corrected chi connectivity index (χ2v) is 13.2. The Balaban J connectivity index is 2.10. The molecule has 7 heteroatoms. The Labute approximate surface area is 220 Å². The first kappa shape index (κ1) is 27.7. The van der Waals surface area contributed by atoms with Crippen LogP contribution >= 0.6 is 23.4 Å². The number of hydrogen-bond donors (Lipinski definition) is 2. The Hall–Kier alpha value is -1.89. The molecule has 35 heavy (non-hydrogen) atoms. The average Bonchev–Trinajstić information content (AvgIpc) is 3.00. The van der Waals surface area contributed by atoms with Crippen molar-refractivity contribution in [1.82, 2.24) is 10.4 Å². The van der Waals surface area contributed by atoms with E-state index in [1.165, 1.54) is 29.4 Å². The maximum Gasteiger partial charge on any atom is 0.340 e. The lowest BCUT2D eigenvalue weighted by atomic mass is 9.82. The van der Waals surface area contributed by atoms with E-state index in [-0.39, 0.29) is 21.5 Å². The summed E-state index contributed by atoms with van der Waals surface area (Å²) in [7, 11) is 1.34. The van der Waals surface area contributed by atoms with Crippen LogP contribution in [-0.4, -0.2) is 40.2 Å². The van der Waals surface area contributed by atoms with Gasteiger partial charge in [-0.15, -0.1) is 11.8 Å². The van der Waals surface area contributed by atoms with Gasteiger partial charge in [0.15, 0.2) is 0 Å². The second kappa shape index (κ2) is 11.0. The van der Waals surface area contributed by atoms with Crippen molar-refractivity contribution in [2.45, 2.75) is 76.5 Å². The van der Waals surface area contributed by atoms with Gasteiger partial charge in [0.2, 0.25) is 0 Å². The van der Waals surface area contributed by atoms with Crippen molar-refractivity contribution in [3.8, 4) is 0 Å². The summed E-state index contributed by atoms with van der Waals surface area (Å²) in [6, 6.07) is 14.5. The molecule has 2 aromatic carbocycles. The van der Waals surface area contributed by atoms with Gasteiger partial charge in [-0.25, -0.2) is 9.86 Å². The zero-order chi connectivity index (χ0) is 26.0. The van der Waals surface area contributed by atoms with E-state index in [9.17, 15) is 10.0 Å². The summed E-state index contributed by atoms with van der Waals surface area (Å²) in [5.41, 5.74) is 4.89. The van der Waals surface area contributed by atoms with Gasteiger partial charge in [-0.3, -0.25) is 5.21 Å². The molecule has 0 aliphatic carbocycles. The molecule has 0 spiro atoms. The lowest BCUT2D eigenvalue weighted by molar-refractivity contribution is -0.0187. The lowest BCUT2D eigenvalue weighted by Crippen LogP contribution is -2.54. The van der Waals surface area contributed by atoms with E-state index in [4.69, 9.17) is 11.6 Å². The van der Waals surface area contributed by atoms with Crippen LogP contribution in [-0.2, 0) is 13.0 Å². The van der Waals surface area contributed by atoms with Crippen molar-refractivity contribution in [3.05, 3.63) is 64.2 Å². The summed E-state index contributed by atoms with van der Waals surface area (Å²) < 4.78 is 0.0501. The number of benzene rings is 2. The summed E-state index contributed by atoms with van der Waals surface area (Å²) >= 11 is 8.16. The average molecular weight is 518 g/mol. The van der Waals surface area contributed by atoms with E-state index in [1.807, 2.05) is 23.9 Å². The van der Waals surface area contributed by atoms with Crippen molar-refractivity contribution in [2.24, 2.45) is 5.92 Å². The first-order chi connectivity index (χ1) is 16.4. The third kappa shape index (κ3) is 6.28. The summed E-state index contributed by atoms with van der Waals surface area (Å²) in [4.78, 5) is 14.7. The molecular formula is C28H40ClN3O2S. The predicted molar refractivity (Wildman–Crippen MR) is 149 cm³/mol. The molecule has 2 aromatic rings. The minimum absolute atomic E-state index is 0.0501. The molecular weight excluding hydrogens is 478 g/mol. The van der Waals surface area contributed by atoms with Gasteiger partial charge in [-0.2, -0.15) is 0 Å². The molecule has 3 atom stereocenters. The van der Waals surface area contributed by atoms with Gasteiger partial charge >= 0.3 is 6.03 Å². The Kier molecular flexibility index (Phi) is 8.72. The number of carbonyl (C=O) groups is 1. The van der Waals surface area contributed by atoms with Crippen LogP contribution in [0.25, 0.3) is 0 Å². The summed E-state index contributed by atoms with van der Waals surface area (Å²) in [6.07, 6.45) is 2.17. The van der Waals surface area contributed by atoms with Crippen LogP contribution < -0.4 is 10.2 Å². The highest BCUT2D eigenvalue weighted by Crippen LogP contribution is 2.59. The van der Waals surface area contributed by atoms with Gasteiger partial charge in [0.05, 0.1) is 10.8 Å². The van der Waals surface area contributed by atoms with Crippen molar-refractivity contribution in [3.63, 3.8) is 0 Å². The van der Waals surface area contributed by atoms with Gasteiger partial charge in [-0.05, 0) is 54.2 Å². The molecule has 1 aliphatic heterocycles. The van der Waals surface area contributed by atoms with E-state index in [2.05, 4.69) is 82.1 Å². The molecule has 3 unspecified atom stereocenters. The Morgan fingerprint density at radius 2 is 1.86 bits per heavy atom. The van der Waals surface area contributed by atoms with Gasteiger partial charge in [-0.1, -0.05) is 76.9 Å². The number of fused-ring (bicyclic) bond motifs is 1. The molecule has 2 N–H and O–H groups in total. The molecule has 3 rings (SSSR count). The summed E-state index contributed by atoms with van der Waals surface area (Å²) in [5, 5.41) is 14.0. The van der Waals surface area contributed by atoms with Crippen LogP contribution in [0.1, 0.15) is 69.9 Å². The predicted octanol–water partition coefficient (Wildman–Crippen LogP) is 7.31. The second-order valence-electron chi connectivity index (χ2n) is 10.8. The maximum absolute atomic E-state index is 12.1. The number of rotatable bonds is 8. The number of nitrogens with zero attached hydrogens (tertiary/aromatic N) is 2. The molecule has 0 aromatic heterocycles. The lowest BCUT2D eigenvalue weighted by Gasteiger charge is -2.47. The van der Waals surface area contributed by atoms with Crippen LogP contribution in [0, 0.1) is 5.92 Å². The Morgan fingerprint density at radius 1 is 1.23 bits per heavy atom. The molecule has 1 heterocycles. The van der Waals surface area contributed by atoms with Gasteiger partial charge < -0.3 is 10.2 Å². The van der Waals surface area contributed by atoms with Crippen LogP contribution in [0.5, 0.6) is 0 Å². The molecule has 2 amide bonds. The zero-order valence-corrected chi connectivity index (χ0v) is 23.6. The smallest absolute Gasteiger partial charge is 0.340 e. The number of nitrogens with one attached hydrogen (secondary N) is 1. The van der Waals surface area contributed by atoms with E-state index in [0.29, 0.717) is 11.6 Å². The Bertz CT molecular complexity index is 1020. The highest BCUT2D eigenvalue weighted by atomic mass is 35.5. The molecule has 5 nitrogen and oxygen atoms in total. The van der Waals surface area contributed by atoms with E-state index >= 15 is 0 Å². The summed E-state index contributed by atoms with van der Waals surface area (Å²) in [6.45, 7) is 14.7. The molecule has 0 fully saturated rings. The summed E-state index contributed by atoms with van der Waals surface area (Å²) in [5.74, 6) is 0.0978. The normalized spacial score (nSPS) is 20.5. The first-order valence-electron chi connectivity index (χ1n) is 12.4. The number of amides is 2. The first-order valence-corrected chi connectivity index (χ1v) is 13.7.